The summed E-state index contributed by atoms with van der Waals surface area (Å²) in [5, 5.41) is 6.67. The molecule has 2 rings (SSSR count). The van der Waals surface area contributed by atoms with Crippen molar-refractivity contribution in [2.75, 3.05) is 19.6 Å². The summed E-state index contributed by atoms with van der Waals surface area (Å²) in [5.74, 6) is 0.570. The first-order valence-corrected chi connectivity index (χ1v) is 8.42. The SMILES string of the molecule is CC(C)NC(=O)NCC1CCN(Cc2ccccc2Cl)CC1. The number of carbonyl (C=O) groups is 1. The Hall–Kier alpha value is -1.26. The van der Waals surface area contributed by atoms with Gasteiger partial charge in [-0.15, -0.1) is 0 Å². The van der Waals surface area contributed by atoms with Crippen molar-refractivity contribution in [3.05, 3.63) is 34.9 Å². The van der Waals surface area contributed by atoms with Crippen LogP contribution in [0.2, 0.25) is 5.02 Å². The molecule has 1 aromatic carbocycles. The molecule has 2 N–H and O–H groups in total. The van der Waals surface area contributed by atoms with Crippen LogP contribution in [-0.4, -0.2) is 36.6 Å². The molecule has 0 bridgehead atoms. The van der Waals surface area contributed by atoms with Crippen molar-refractivity contribution in [1.82, 2.24) is 15.5 Å². The summed E-state index contributed by atoms with van der Waals surface area (Å²) in [6.07, 6.45) is 2.23. The second-order valence-electron chi connectivity index (χ2n) is 6.32. The number of hydrogen-bond donors (Lipinski definition) is 2. The van der Waals surface area contributed by atoms with Crippen molar-refractivity contribution < 1.29 is 4.79 Å². The van der Waals surface area contributed by atoms with E-state index in [4.69, 9.17) is 11.6 Å². The second-order valence-corrected chi connectivity index (χ2v) is 6.73. The maximum atomic E-state index is 11.6. The molecule has 1 saturated heterocycles. The normalized spacial score (nSPS) is 16.7. The van der Waals surface area contributed by atoms with Gasteiger partial charge in [-0.25, -0.2) is 4.79 Å². The lowest BCUT2D eigenvalue weighted by Gasteiger charge is -2.32. The van der Waals surface area contributed by atoms with Crippen LogP contribution in [0.15, 0.2) is 24.3 Å². The van der Waals surface area contributed by atoms with Gasteiger partial charge in [0.05, 0.1) is 0 Å². The molecule has 0 spiro atoms. The average Bonchev–Trinajstić information content (AvgIpc) is 2.48. The first kappa shape index (κ1) is 17.1. The number of urea groups is 1. The van der Waals surface area contributed by atoms with Gasteiger partial charge in [-0.3, -0.25) is 4.90 Å². The quantitative estimate of drug-likeness (QED) is 0.873. The fraction of sp³-hybridized carbons (Fsp3) is 0.588. The predicted octanol–water partition coefficient (Wildman–Crippen LogP) is 3.26. The first-order valence-electron chi connectivity index (χ1n) is 8.04. The molecule has 5 heteroatoms. The van der Waals surface area contributed by atoms with Gasteiger partial charge in [0.15, 0.2) is 0 Å². The van der Waals surface area contributed by atoms with Crippen LogP contribution in [0.5, 0.6) is 0 Å². The number of nitrogens with one attached hydrogen (secondary N) is 2. The molecular weight excluding hydrogens is 298 g/mol. The Morgan fingerprint density at radius 3 is 2.64 bits per heavy atom. The van der Waals surface area contributed by atoms with E-state index in [-0.39, 0.29) is 12.1 Å². The summed E-state index contributed by atoms with van der Waals surface area (Å²) in [6.45, 7) is 7.72. The third-order valence-corrected chi connectivity index (χ3v) is 4.40. The standard InChI is InChI=1S/C17H26ClN3O/c1-13(2)20-17(22)19-11-14-7-9-21(10-8-14)12-15-5-3-4-6-16(15)18/h3-6,13-14H,7-12H2,1-2H3,(H2,19,20,22). The molecule has 0 unspecified atom stereocenters. The van der Waals surface area contributed by atoms with E-state index in [1.807, 2.05) is 32.0 Å². The van der Waals surface area contributed by atoms with E-state index < -0.39 is 0 Å². The number of likely N-dealkylation sites (tertiary alicyclic amines) is 1. The van der Waals surface area contributed by atoms with Gasteiger partial charge in [0.25, 0.3) is 0 Å². The van der Waals surface area contributed by atoms with Gasteiger partial charge in [-0.2, -0.15) is 0 Å². The number of carbonyl (C=O) groups excluding carboxylic acids is 1. The zero-order valence-electron chi connectivity index (χ0n) is 13.4. The average molecular weight is 324 g/mol. The monoisotopic (exact) mass is 323 g/mol. The topological polar surface area (TPSA) is 44.4 Å². The summed E-state index contributed by atoms with van der Waals surface area (Å²) < 4.78 is 0. The van der Waals surface area contributed by atoms with Crippen LogP contribution < -0.4 is 10.6 Å². The Bertz CT molecular complexity index is 485. The molecule has 1 aromatic rings. The molecule has 1 heterocycles. The predicted molar refractivity (Wildman–Crippen MR) is 91.1 cm³/mol. The fourth-order valence-corrected chi connectivity index (χ4v) is 2.96. The van der Waals surface area contributed by atoms with Crippen molar-refractivity contribution in [3.8, 4) is 0 Å². The van der Waals surface area contributed by atoms with Gasteiger partial charge >= 0.3 is 6.03 Å². The van der Waals surface area contributed by atoms with E-state index >= 15 is 0 Å². The maximum absolute atomic E-state index is 11.6. The zero-order valence-corrected chi connectivity index (χ0v) is 14.2. The molecule has 1 aliphatic rings. The number of rotatable bonds is 5. The Morgan fingerprint density at radius 1 is 1.32 bits per heavy atom. The fourth-order valence-electron chi connectivity index (χ4n) is 2.77. The number of benzene rings is 1. The minimum Gasteiger partial charge on any atom is -0.338 e. The van der Waals surface area contributed by atoms with Crippen LogP contribution in [-0.2, 0) is 6.54 Å². The number of nitrogens with zero attached hydrogens (tertiary/aromatic N) is 1. The summed E-state index contributed by atoms with van der Waals surface area (Å²) >= 11 is 6.22. The molecule has 1 fully saturated rings. The molecule has 22 heavy (non-hydrogen) atoms. The molecule has 122 valence electrons. The number of halogens is 1. The van der Waals surface area contributed by atoms with Gasteiger partial charge < -0.3 is 10.6 Å². The van der Waals surface area contributed by atoms with E-state index in [0.29, 0.717) is 5.92 Å². The molecule has 0 aromatic heterocycles. The van der Waals surface area contributed by atoms with Crippen LogP contribution in [0.25, 0.3) is 0 Å². The zero-order chi connectivity index (χ0) is 15.9. The Kier molecular flexibility index (Phi) is 6.52. The van der Waals surface area contributed by atoms with Gasteiger partial charge in [-0.1, -0.05) is 29.8 Å². The molecule has 0 saturated carbocycles. The van der Waals surface area contributed by atoms with Gasteiger partial charge in [-0.05, 0) is 57.3 Å². The lowest BCUT2D eigenvalue weighted by Crippen LogP contribution is -2.43. The van der Waals surface area contributed by atoms with Gasteiger partial charge in [0, 0.05) is 24.2 Å². The lowest BCUT2D eigenvalue weighted by molar-refractivity contribution is 0.174. The third kappa shape index (κ3) is 5.50. The highest BCUT2D eigenvalue weighted by molar-refractivity contribution is 6.31. The molecule has 0 radical (unpaired) electrons. The second kappa shape index (κ2) is 8.39. The van der Waals surface area contributed by atoms with Crippen molar-refractivity contribution in [1.29, 1.82) is 0 Å². The largest absolute Gasteiger partial charge is 0.338 e. The highest BCUT2D eigenvalue weighted by Gasteiger charge is 2.20. The van der Waals surface area contributed by atoms with Crippen LogP contribution >= 0.6 is 11.6 Å². The molecule has 2 amide bonds. The molecule has 4 nitrogen and oxygen atoms in total. The van der Waals surface area contributed by atoms with Crippen molar-refractivity contribution in [2.45, 2.75) is 39.3 Å². The summed E-state index contributed by atoms with van der Waals surface area (Å²) in [7, 11) is 0. The minimum absolute atomic E-state index is 0.0616. The van der Waals surface area contributed by atoms with Crippen molar-refractivity contribution >= 4 is 17.6 Å². The van der Waals surface area contributed by atoms with Crippen LogP contribution in [0, 0.1) is 5.92 Å². The molecular formula is C17H26ClN3O. The smallest absolute Gasteiger partial charge is 0.314 e. The van der Waals surface area contributed by atoms with E-state index in [1.165, 1.54) is 5.56 Å². The Morgan fingerprint density at radius 2 is 2.00 bits per heavy atom. The van der Waals surface area contributed by atoms with E-state index in [0.717, 1.165) is 44.0 Å². The highest BCUT2D eigenvalue weighted by atomic mass is 35.5. The number of amides is 2. The lowest BCUT2D eigenvalue weighted by atomic mass is 9.96. The molecule has 1 aliphatic heterocycles. The number of hydrogen-bond acceptors (Lipinski definition) is 2. The van der Waals surface area contributed by atoms with Crippen LogP contribution in [0.1, 0.15) is 32.3 Å². The van der Waals surface area contributed by atoms with E-state index in [1.54, 1.807) is 0 Å². The van der Waals surface area contributed by atoms with Crippen LogP contribution in [0.4, 0.5) is 4.79 Å². The summed E-state index contributed by atoms with van der Waals surface area (Å²) in [4.78, 5) is 14.0. The molecule has 0 aliphatic carbocycles. The Balaban J connectivity index is 1.70. The van der Waals surface area contributed by atoms with E-state index in [2.05, 4.69) is 21.6 Å². The first-order chi connectivity index (χ1) is 10.5. The third-order valence-electron chi connectivity index (χ3n) is 4.03. The Labute approximate surface area is 138 Å². The van der Waals surface area contributed by atoms with Crippen molar-refractivity contribution in [2.24, 2.45) is 5.92 Å². The summed E-state index contributed by atoms with van der Waals surface area (Å²) in [6, 6.07) is 8.15. The van der Waals surface area contributed by atoms with Gasteiger partial charge in [0.2, 0.25) is 0 Å². The minimum atomic E-state index is -0.0616. The summed E-state index contributed by atoms with van der Waals surface area (Å²) in [5.41, 5.74) is 1.19. The van der Waals surface area contributed by atoms with Crippen molar-refractivity contribution in [3.63, 3.8) is 0 Å². The molecule has 0 atom stereocenters. The van der Waals surface area contributed by atoms with Gasteiger partial charge in [0.1, 0.15) is 0 Å². The van der Waals surface area contributed by atoms with E-state index in [9.17, 15) is 4.79 Å². The maximum Gasteiger partial charge on any atom is 0.314 e. The highest BCUT2D eigenvalue weighted by Crippen LogP contribution is 2.21. The van der Waals surface area contributed by atoms with Crippen LogP contribution in [0.3, 0.4) is 0 Å². The number of piperidine rings is 1.